The number of para-hydroxylation sites is 1. The van der Waals surface area contributed by atoms with Crippen molar-refractivity contribution in [3.63, 3.8) is 0 Å². The monoisotopic (exact) mass is 302 g/mol. The summed E-state index contributed by atoms with van der Waals surface area (Å²) in [5.41, 5.74) is 6.48. The van der Waals surface area contributed by atoms with Gasteiger partial charge in [-0.05, 0) is 11.6 Å². The van der Waals surface area contributed by atoms with Gasteiger partial charge < -0.3 is 16.2 Å². The van der Waals surface area contributed by atoms with Gasteiger partial charge in [-0.3, -0.25) is 9.35 Å². The number of rotatable bonds is 6. The number of hydrogen-bond acceptors (Lipinski definition) is 5. The second-order valence-electron chi connectivity index (χ2n) is 4.08. The predicted octanol–water partition coefficient (Wildman–Crippen LogP) is -0.731. The maximum absolute atomic E-state index is 11.7. The van der Waals surface area contributed by atoms with E-state index in [2.05, 4.69) is 0 Å². The maximum atomic E-state index is 11.7. The fourth-order valence-corrected chi connectivity index (χ4v) is 2.15. The summed E-state index contributed by atoms with van der Waals surface area (Å²) in [6.45, 7) is 0. The minimum absolute atomic E-state index is 0.193. The van der Waals surface area contributed by atoms with Crippen LogP contribution in [0.1, 0.15) is 5.56 Å². The molecule has 0 bridgehead atoms. The lowest BCUT2D eigenvalue weighted by atomic mass is 10.1. The van der Waals surface area contributed by atoms with Crippen LogP contribution in [0.25, 0.3) is 0 Å². The van der Waals surface area contributed by atoms with Crippen molar-refractivity contribution < 1.29 is 27.7 Å². The van der Waals surface area contributed by atoms with Crippen molar-refractivity contribution in [3.8, 4) is 0 Å². The van der Waals surface area contributed by atoms with Gasteiger partial charge in [0.2, 0.25) is 5.91 Å². The van der Waals surface area contributed by atoms with Crippen molar-refractivity contribution in [2.45, 2.75) is 12.5 Å². The minimum atomic E-state index is -4.52. The molecule has 1 atom stereocenters. The predicted molar refractivity (Wildman–Crippen MR) is 70.5 cm³/mol. The molecule has 0 aliphatic rings. The van der Waals surface area contributed by atoms with Crippen molar-refractivity contribution in [1.82, 2.24) is 5.32 Å². The van der Waals surface area contributed by atoms with E-state index < -0.39 is 33.8 Å². The highest BCUT2D eigenvalue weighted by atomic mass is 32.2. The van der Waals surface area contributed by atoms with Gasteiger partial charge in [-0.2, -0.15) is 8.42 Å². The molecule has 9 heteroatoms. The highest BCUT2D eigenvalue weighted by Crippen LogP contribution is 2.11. The normalized spacial score (nSPS) is 12.7. The van der Waals surface area contributed by atoms with Gasteiger partial charge in [-0.1, -0.05) is 18.2 Å². The molecular formula is C11H14N2O6S. The Balaban J connectivity index is 2.73. The smallest absolute Gasteiger partial charge is 0.327 e. The van der Waals surface area contributed by atoms with Crippen LogP contribution in [0.15, 0.2) is 24.3 Å². The minimum Gasteiger partial charge on any atom is -0.480 e. The van der Waals surface area contributed by atoms with Crippen molar-refractivity contribution in [3.05, 3.63) is 29.8 Å². The van der Waals surface area contributed by atoms with E-state index in [0.717, 1.165) is 0 Å². The number of nitrogen functional groups attached to an aromatic ring is 1. The second kappa shape index (κ2) is 6.35. The first-order valence-electron chi connectivity index (χ1n) is 5.50. The van der Waals surface area contributed by atoms with E-state index in [9.17, 15) is 18.0 Å². The van der Waals surface area contributed by atoms with Crippen molar-refractivity contribution in [2.75, 3.05) is 11.5 Å². The number of carbonyl (C=O) groups excluding carboxylic acids is 1. The van der Waals surface area contributed by atoms with Crippen LogP contribution < -0.4 is 11.1 Å². The molecule has 0 fully saturated rings. The third-order valence-electron chi connectivity index (χ3n) is 2.42. The van der Waals surface area contributed by atoms with Crippen LogP contribution in [-0.4, -0.2) is 41.7 Å². The number of carbonyl (C=O) groups is 2. The molecule has 20 heavy (non-hydrogen) atoms. The lowest BCUT2D eigenvalue weighted by molar-refractivity contribution is -0.141. The number of anilines is 1. The van der Waals surface area contributed by atoms with Gasteiger partial charge in [0.05, 0.1) is 6.42 Å². The molecule has 0 saturated carbocycles. The highest BCUT2D eigenvalue weighted by molar-refractivity contribution is 7.85. The van der Waals surface area contributed by atoms with Gasteiger partial charge in [-0.15, -0.1) is 0 Å². The lowest BCUT2D eigenvalue weighted by Crippen LogP contribution is -2.45. The van der Waals surface area contributed by atoms with Crippen LogP contribution in [0.2, 0.25) is 0 Å². The molecule has 1 aromatic carbocycles. The number of hydrogen-bond donors (Lipinski definition) is 4. The van der Waals surface area contributed by atoms with Crippen LogP contribution in [0.4, 0.5) is 5.69 Å². The average molecular weight is 302 g/mol. The molecule has 8 nitrogen and oxygen atoms in total. The van der Waals surface area contributed by atoms with Gasteiger partial charge in [0.25, 0.3) is 10.1 Å². The zero-order chi connectivity index (χ0) is 15.3. The Bertz CT molecular complexity index is 613. The number of amides is 1. The Labute approximate surface area is 115 Å². The van der Waals surface area contributed by atoms with E-state index in [1.54, 1.807) is 24.3 Å². The summed E-state index contributed by atoms with van der Waals surface area (Å²) in [7, 11) is -4.52. The molecule has 0 spiro atoms. The first-order valence-corrected chi connectivity index (χ1v) is 7.10. The molecule has 0 aromatic heterocycles. The van der Waals surface area contributed by atoms with E-state index >= 15 is 0 Å². The fourth-order valence-electron chi connectivity index (χ4n) is 1.50. The Kier molecular flexibility index (Phi) is 5.06. The molecule has 0 heterocycles. The summed E-state index contributed by atoms with van der Waals surface area (Å²) in [4.78, 5) is 22.5. The van der Waals surface area contributed by atoms with Crippen molar-refractivity contribution >= 4 is 27.7 Å². The summed E-state index contributed by atoms with van der Waals surface area (Å²) < 4.78 is 29.9. The quantitative estimate of drug-likeness (QED) is 0.400. The van der Waals surface area contributed by atoms with Crippen LogP contribution in [0, 0.1) is 0 Å². The number of carboxylic acids is 1. The molecule has 0 aliphatic carbocycles. The first-order chi connectivity index (χ1) is 9.19. The Hall–Kier alpha value is -2.13. The number of benzene rings is 1. The van der Waals surface area contributed by atoms with Crippen LogP contribution in [0.5, 0.6) is 0 Å². The van der Waals surface area contributed by atoms with Gasteiger partial charge >= 0.3 is 5.97 Å². The SMILES string of the molecule is Nc1ccccc1CC(=O)NC(CS(=O)(=O)O)C(=O)O. The zero-order valence-corrected chi connectivity index (χ0v) is 11.1. The topological polar surface area (TPSA) is 147 Å². The summed E-state index contributed by atoms with van der Waals surface area (Å²) >= 11 is 0. The molecule has 0 saturated heterocycles. The van der Waals surface area contributed by atoms with Gasteiger partial charge in [0.1, 0.15) is 11.8 Å². The van der Waals surface area contributed by atoms with E-state index in [1.807, 2.05) is 5.32 Å². The van der Waals surface area contributed by atoms with Crippen molar-refractivity contribution in [2.24, 2.45) is 0 Å². The molecule has 0 aliphatic heterocycles. The van der Waals surface area contributed by atoms with Crippen LogP contribution in [0.3, 0.4) is 0 Å². The van der Waals surface area contributed by atoms with Crippen LogP contribution >= 0.6 is 0 Å². The van der Waals surface area contributed by atoms with Gasteiger partial charge in [-0.25, -0.2) is 4.79 Å². The maximum Gasteiger partial charge on any atom is 0.327 e. The van der Waals surface area contributed by atoms with E-state index in [4.69, 9.17) is 15.4 Å². The molecule has 5 N–H and O–H groups in total. The first kappa shape index (κ1) is 15.9. The van der Waals surface area contributed by atoms with Gasteiger partial charge in [0.15, 0.2) is 0 Å². The Morgan fingerprint density at radius 3 is 2.40 bits per heavy atom. The Morgan fingerprint density at radius 1 is 1.30 bits per heavy atom. The molecule has 110 valence electrons. The third-order valence-corrected chi connectivity index (χ3v) is 3.17. The van der Waals surface area contributed by atoms with Gasteiger partial charge in [0, 0.05) is 5.69 Å². The van der Waals surface area contributed by atoms with E-state index in [1.165, 1.54) is 0 Å². The second-order valence-corrected chi connectivity index (χ2v) is 5.58. The molecular weight excluding hydrogens is 288 g/mol. The summed E-state index contributed by atoms with van der Waals surface area (Å²) in [5.74, 6) is -3.37. The van der Waals surface area contributed by atoms with Crippen molar-refractivity contribution in [1.29, 1.82) is 0 Å². The molecule has 1 aromatic rings. The summed E-state index contributed by atoms with van der Waals surface area (Å²) in [5, 5.41) is 10.8. The number of aliphatic carboxylic acids is 1. The molecule has 1 rings (SSSR count). The molecule has 1 unspecified atom stereocenters. The number of nitrogens with two attached hydrogens (primary N) is 1. The molecule has 1 amide bonds. The fraction of sp³-hybridized carbons (Fsp3) is 0.273. The highest BCUT2D eigenvalue weighted by Gasteiger charge is 2.25. The zero-order valence-electron chi connectivity index (χ0n) is 10.3. The number of carboxylic acid groups (broad SMARTS) is 1. The lowest BCUT2D eigenvalue weighted by Gasteiger charge is -2.13. The number of nitrogens with one attached hydrogen (secondary N) is 1. The van der Waals surface area contributed by atoms with E-state index in [-0.39, 0.29) is 6.42 Å². The summed E-state index contributed by atoms with van der Waals surface area (Å²) in [6.07, 6.45) is -0.193. The average Bonchev–Trinajstić information content (AvgIpc) is 2.29. The van der Waals surface area contributed by atoms with E-state index in [0.29, 0.717) is 11.3 Å². The third kappa shape index (κ3) is 5.24. The Morgan fingerprint density at radius 2 is 1.90 bits per heavy atom. The molecule has 0 radical (unpaired) electrons. The largest absolute Gasteiger partial charge is 0.480 e. The standard InChI is InChI=1S/C11H14N2O6S/c12-8-4-2-1-3-7(8)5-10(14)13-9(11(15)16)6-20(17,18)19/h1-4,9H,5-6,12H2,(H,13,14)(H,15,16)(H,17,18,19). The van der Waals surface area contributed by atoms with Crippen LogP contribution in [-0.2, 0) is 26.1 Å². The summed E-state index contributed by atoms with van der Waals surface area (Å²) in [6, 6.07) is 4.78.